The molecule has 2 rings (SSSR count). The van der Waals surface area contributed by atoms with E-state index in [-0.39, 0.29) is 5.56 Å². The predicted molar refractivity (Wildman–Crippen MR) is 78.7 cm³/mol. The number of nitrogens with zero attached hydrogens (tertiary/aromatic N) is 4. The van der Waals surface area contributed by atoms with Gasteiger partial charge in [-0.1, -0.05) is 0 Å². The highest BCUT2D eigenvalue weighted by molar-refractivity contribution is 5.91. The highest BCUT2D eigenvalue weighted by Crippen LogP contribution is 2.38. The van der Waals surface area contributed by atoms with Crippen molar-refractivity contribution in [2.75, 3.05) is 21.3 Å². The van der Waals surface area contributed by atoms with Crippen LogP contribution in [-0.2, 0) is 11.8 Å². The molecule has 124 valence electrons. The van der Waals surface area contributed by atoms with Crippen molar-refractivity contribution >= 4 is 5.97 Å². The second-order valence-electron chi connectivity index (χ2n) is 4.62. The van der Waals surface area contributed by atoms with Crippen LogP contribution in [0.3, 0.4) is 0 Å². The van der Waals surface area contributed by atoms with Gasteiger partial charge in [-0.2, -0.15) is 0 Å². The van der Waals surface area contributed by atoms with Crippen LogP contribution in [0.15, 0.2) is 12.1 Å². The third-order valence-electron chi connectivity index (χ3n) is 3.20. The van der Waals surface area contributed by atoms with Gasteiger partial charge in [0.2, 0.25) is 5.75 Å². The number of esters is 1. The van der Waals surface area contributed by atoms with Crippen LogP contribution in [0.5, 0.6) is 17.2 Å². The van der Waals surface area contributed by atoms with Crippen molar-refractivity contribution < 1.29 is 23.7 Å². The zero-order valence-electron chi connectivity index (χ0n) is 13.6. The van der Waals surface area contributed by atoms with E-state index in [4.69, 9.17) is 18.9 Å². The van der Waals surface area contributed by atoms with E-state index in [0.29, 0.717) is 23.1 Å². The molecule has 0 saturated carbocycles. The van der Waals surface area contributed by atoms with Crippen molar-refractivity contribution in [3.63, 3.8) is 0 Å². The van der Waals surface area contributed by atoms with Gasteiger partial charge in [0.25, 0.3) is 0 Å². The summed E-state index contributed by atoms with van der Waals surface area (Å²) in [6.45, 7) is 1.68. The summed E-state index contributed by atoms with van der Waals surface area (Å²) in [5.74, 6) is 1.02. The Hall–Kier alpha value is -2.84. The van der Waals surface area contributed by atoms with Crippen molar-refractivity contribution in [3.8, 4) is 17.2 Å². The maximum absolute atomic E-state index is 12.3. The molecule has 2 aromatic rings. The lowest BCUT2D eigenvalue weighted by Crippen LogP contribution is -2.13. The number of hydrogen-bond acceptors (Lipinski definition) is 8. The largest absolute Gasteiger partial charge is 0.493 e. The molecule has 0 aliphatic heterocycles. The number of aryl methyl sites for hydroxylation is 1. The fourth-order valence-electron chi connectivity index (χ4n) is 2.06. The van der Waals surface area contributed by atoms with E-state index < -0.39 is 12.1 Å². The molecule has 0 bridgehead atoms. The lowest BCUT2D eigenvalue weighted by molar-refractivity contribution is 0.0311. The zero-order valence-corrected chi connectivity index (χ0v) is 13.6. The standard InChI is InChI=1S/C14H18N4O5/c1-8(13-15-16-17-18(13)2)23-14(19)9-6-10(20-3)12(22-5)11(7-9)21-4/h6-8H,1-5H3. The lowest BCUT2D eigenvalue weighted by atomic mass is 10.2. The number of tetrazole rings is 1. The number of aromatic nitrogens is 4. The van der Waals surface area contributed by atoms with E-state index in [0.717, 1.165) is 0 Å². The van der Waals surface area contributed by atoms with Crippen molar-refractivity contribution in [2.45, 2.75) is 13.0 Å². The summed E-state index contributed by atoms with van der Waals surface area (Å²) in [6.07, 6.45) is -0.610. The van der Waals surface area contributed by atoms with Gasteiger partial charge >= 0.3 is 5.97 Å². The molecule has 1 aromatic heterocycles. The van der Waals surface area contributed by atoms with Gasteiger partial charge in [0, 0.05) is 7.05 Å². The lowest BCUT2D eigenvalue weighted by Gasteiger charge is -2.15. The van der Waals surface area contributed by atoms with E-state index in [1.54, 1.807) is 14.0 Å². The highest BCUT2D eigenvalue weighted by Gasteiger charge is 2.22. The van der Waals surface area contributed by atoms with E-state index in [9.17, 15) is 4.79 Å². The fourth-order valence-corrected chi connectivity index (χ4v) is 2.06. The summed E-state index contributed by atoms with van der Waals surface area (Å²) in [4.78, 5) is 12.3. The van der Waals surface area contributed by atoms with Crippen LogP contribution < -0.4 is 14.2 Å². The van der Waals surface area contributed by atoms with Crippen molar-refractivity contribution in [1.82, 2.24) is 20.2 Å². The number of carbonyl (C=O) groups is 1. The number of rotatable bonds is 6. The molecule has 1 aromatic carbocycles. The fraction of sp³-hybridized carbons (Fsp3) is 0.429. The maximum Gasteiger partial charge on any atom is 0.339 e. The number of methoxy groups -OCH3 is 3. The summed E-state index contributed by atoms with van der Waals surface area (Å²) in [6, 6.07) is 3.04. The Bertz CT molecular complexity index is 675. The monoisotopic (exact) mass is 322 g/mol. The average Bonchev–Trinajstić information content (AvgIpc) is 2.99. The molecular weight excluding hydrogens is 304 g/mol. The third kappa shape index (κ3) is 3.33. The first-order chi connectivity index (χ1) is 11.0. The maximum atomic E-state index is 12.3. The van der Waals surface area contributed by atoms with Gasteiger partial charge in [0.15, 0.2) is 23.4 Å². The molecule has 9 heteroatoms. The summed E-state index contributed by atoms with van der Waals surface area (Å²) >= 11 is 0. The molecule has 0 N–H and O–H groups in total. The van der Waals surface area contributed by atoms with Crippen LogP contribution in [0.2, 0.25) is 0 Å². The van der Waals surface area contributed by atoms with Crippen LogP contribution in [0.25, 0.3) is 0 Å². The van der Waals surface area contributed by atoms with Crippen molar-refractivity contribution in [2.24, 2.45) is 7.05 Å². The van der Waals surface area contributed by atoms with Gasteiger partial charge in [-0.05, 0) is 29.5 Å². The van der Waals surface area contributed by atoms with Crippen molar-refractivity contribution in [1.29, 1.82) is 0 Å². The van der Waals surface area contributed by atoms with Crippen LogP contribution in [-0.4, -0.2) is 47.5 Å². The van der Waals surface area contributed by atoms with E-state index >= 15 is 0 Å². The van der Waals surface area contributed by atoms with Crippen LogP contribution in [0.4, 0.5) is 0 Å². The minimum Gasteiger partial charge on any atom is -0.493 e. The SMILES string of the molecule is COc1cc(C(=O)OC(C)c2nnnn2C)cc(OC)c1OC. The molecule has 0 radical (unpaired) electrons. The average molecular weight is 322 g/mol. The quantitative estimate of drug-likeness (QED) is 0.731. The summed E-state index contributed by atoms with van der Waals surface area (Å²) in [5, 5.41) is 11.0. The summed E-state index contributed by atoms with van der Waals surface area (Å²) < 4.78 is 22.5. The summed E-state index contributed by atoms with van der Waals surface area (Å²) in [5.41, 5.74) is 0.265. The number of carbonyl (C=O) groups excluding carboxylic acids is 1. The van der Waals surface area contributed by atoms with Gasteiger partial charge in [-0.3, -0.25) is 0 Å². The smallest absolute Gasteiger partial charge is 0.339 e. The van der Waals surface area contributed by atoms with Crippen LogP contribution in [0.1, 0.15) is 29.2 Å². The first-order valence-corrected chi connectivity index (χ1v) is 6.75. The van der Waals surface area contributed by atoms with Gasteiger partial charge in [-0.15, -0.1) is 5.10 Å². The Balaban J connectivity index is 2.27. The first-order valence-electron chi connectivity index (χ1n) is 6.75. The molecule has 23 heavy (non-hydrogen) atoms. The van der Waals surface area contributed by atoms with E-state index in [1.165, 1.54) is 38.1 Å². The molecule has 0 aliphatic rings. The topological polar surface area (TPSA) is 97.6 Å². The van der Waals surface area contributed by atoms with Crippen LogP contribution >= 0.6 is 0 Å². The number of ether oxygens (including phenoxy) is 4. The van der Waals surface area contributed by atoms with E-state index in [1.807, 2.05) is 0 Å². The molecule has 0 aliphatic carbocycles. The Labute approximate surface area is 133 Å². The van der Waals surface area contributed by atoms with Gasteiger partial charge in [0.1, 0.15) is 0 Å². The summed E-state index contributed by atoms with van der Waals surface area (Å²) in [7, 11) is 6.10. The normalized spacial score (nSPS) is 11.7. The molecule has 1 atom stereocenters. The first kappa shape index (κ1) is 16.5. The third-order valence-corrected chi connectivity index (χ3v) is 3.20. The Morgan fingerprint density at radius 3 is 2.17 bits per heavy atom. The Morgan fingerprint density at radius 2 is 1.74 bits per heavy atom. The Kier molecular flexibility index (Phi) is 4.99. The predicted octanol–water partition coefficient (Wildman–Crippen LogP) is 1.15. The Morgan fingerprint density at radius 1 is 1.13 bits per heavy atom. The van der Waals surface area contributed by atoms with Crippen molar-refractivity contribution in [3.05, 3.63) is 23.5 Å². The molecule has 1 unspecified atom stereocenters. The second-order valence-corrected chi connectivity index (χ2v) is 4.62. The second kappa shape index (κ2) is 6.95. The molecule has 9 nitrogen and oxygen atoms in total. The van der Waals surface area contributed by atoms with E-state index in [2.05, 4.69) is 15.5 Å². The van der Waals surface area contributed by atoms with Gasteiger partial charge in [0.05, 0.1) is 26.9 Å². The molecule has 1 heterocycles. The molecule has 0 spiro atoms. The minimum absolute atomic E-state index is 0.265. The number of hydrogen-bond donors (Lipinski definition) is 0. The minimum atomic E-state index is -0.610. The number of benzene rings is 1. The molecule has 0 fully saturated rings. The van der Waals surface area contributed by atoms with Gasteiger partial charge < -0.3 is 18.9 Å². The highest BCUT2D eigenvalue weighted by atomic mass is 16.5. The zero-order chi connectivity index (χ0) is 17.0. The molecule has 0 saturated heterocycles. The molecular formula is C14H18N4O5. The van der Waals surface area contributed by atoms with Crippen LogP contribution in [0, 0.1) is 0 Å². The molecule has 0 amide bonds. The van der Waals surface area contributed by atoms with Gasteiger partial charge in [-0.25, -0.2) is 9.48 Å².